The molecule has 2 aromatic rings. The molecule has 0 spiro atoms. The van der Waals surface area contributed by atoms with Crippen LogP contribution < -0.4 is 0 Å². The quantitative estimate of drug-likeness (QED) is 0.947. The van der Waals surface area contributed by atoms with Gasteiger partial charge in [0.25, 0.3) is 0 Å². The van der Waals surface area contributed by atoms with Crippen molar-refractivity contribution in [3.8, 4) is 5.69 Å². The molecule has 0 amide bonds. The number of rotatable bonds is 3. The number of hydrogen-bond acceptors (Lipinski definition) is 2. The van der Waals surface area contributed by atoms with Crippen molar-refractivity contribution >= 4 is 21.9 Å². The van der Waals surface area contributed by atoms with Crippen molar-refractivity contribution in [1.82, 2.24) is 9.78 Å². The predicted octanol–water partition coefficient (Wildman–Crippen LogP) is 3.20. The molecule has 94 valence electrons. The third-order valence-corrected chi connectivity index (χ3v) is 3.71. The molecule has 1 N–H and O–H groups in total. The van der Waals surface area contributed by atoms with Crippen LogP contribution in [-0.2, 0) is 6.42 Å². The highest BCUT2D eigenvalue weighted by atomic mass is 79.9. The van der Waals surface area contributed by atoms with E-state index < -0.39 is 5.97 Å². The lowest BCUT2D eigenvalue weighted by atomic mass is 10.2. The fourth-order valence-electron chi connectivity index (χ4n) is 1.88. The van der Waals surface area contributed by atoms with E-state index in [-0.39, 0.29) is 5.56 Å². The zero-order chi connectivity index (χ0) is 13.3. The number of hydrogen-bond donors (Lipinski definition) is 1. The van der Waals surface area contributed by atoms with Crippen molar-refractivity contribution in [2.75, 3.05) is 0 Å². The Labute approximate surface area is 113 Å². The molecule has 0 saturated heterocycles. The van der Waals surface area contributed by atoms with Gasteiger partial charge >= 0.3 is 5.97 Å². The number of carboxylic acids is 1. The monoisotopic (exact) mass is 308 g/mol. The Balaban J connectivity index is 2.57. The number of aryl methyl sites for hydroxylation is 1. The Morgan fingerprint density at radius 3 is 2.78 bits per heavy atom. The van der Waals surface area contributed by atoms with Gasteiger partial charge in [0.2, 0.25) is 0 Å². The topological polar surface area (TPSA) is 55.1 Å². The molecule has 18 heavy (non-hydrogen) atoms. The molecule has 1 aromatic carbocycles. The van der Waals surface area contributed by atoms with Gasteiger partial charge in [0.15, 0.2) is 0 Å². The summed E-state index contributed by atoms with van der Waals surface area (Å²) in [5.41, 5.74) is 2.93. The zero-order valence-corrected chi connectivity index (χ0v) is 11.7. The fraction of sp³-hybridized carbons (Fsp3) is 0.231. The molecular formula is C13H13BrN2O2. The summed E-state index contributed by atoms with van der Waals surface area (Å²) in [6.45, 7) is 3.91. The molecule has 1 heterocycles. The van der Waals surface area contributed by atoms with E-state index in [0.717, 1.165) is 15.7 Å². The molecule has 4 nitrogen and oxygen atoms in total. The van der Waals surface area contributed by atoms with Gasteiger partial charge in [-0.25, -0.2) is 9.48 Å². The summed E-state index contributed by atoms with van der Waals surface area (Å²) in [6, 6.07) is 5.82. The smallest absolute Gasteiger partial charge is 0.339 e. The Hall–Kier alpha value is -1.62. The minimum Gasteiger partial charge on any atom is -0.478 e. The number of halogens is 1. The molecule has 0 aliphatic heterocycles. The minimum atomic E-state index is -0.938. The standard InChI is InChI=1S/C13H13BrN2O2/c1-3-12-10(13(17)18)7-15-16(12)9-4-5-11(14)8(2)6-9/h4-7H,3H2,1-2H3,(H,17,18). The van der Waals surface area contributed by atoms with Gasteiger partial charge in [-0.2, -0.15) is 5.10 Å². The lowest BCUT2D eigenvalue weighted by molar-refractivity contribution is 0.0695. The molecule has 0 aliphatic rings. The Morgan fingerprint density at radius 2 is 2.22 bits per heavy atom. The third kappa shape index (κ3) is 2.18. The lowest BCUT2D eigenvalue weighted by Crippen LogP contribution is -2.05. The molecule has 5 heteroatoms. The summed E-state index contributed by atoms with van der Waals surface area (Å²) in [7, 11) is 0. The minimum absolute atomic E-state index is 0.262. The van der Waals surface area contributed by atoms with Crippen LogP contribution >= 0.6 is 15.9 Å². The average Bonchev–Trinajstić information content (AvgIpc) is 2.76. The van der Waals surface area contributed by atoms with Crippen molar-refractivity contribution in [1.29, 1.82) is 0 Å². The van der Waals surface area contributed by atoms with Crippen LogP contribution in [0.25, 0.3) is 5.69 Å². The van der Waals surface area contributed by atoms with E-state index in [9.17, 15) is 4.79 Å². The van der Waals surface area contributed by atoms with Crippen molar-refractivity contribution < 1.29 is 9.90 Å². The highest BCUT2D eigenvalue weighted by molar-refractivity contribution is 9.10. The predicted molar refractivity (Wildman–Crippen MR) is 72.3 cm³/mol. The summed E-state index contributed by atoms with van der Waals surface area (Å²) < 4.78 is 2.71. The first-order chi connectivity index (χ1) is 8.54. The maximum Gasteiger partial charge on any atom is 0.339 e. The maximum absolute atomic E-state index is 11.1. The number of aromatic nitrogens is 2. The second-order valence-electron chi connectivity index (χ2n) is 4.01. The van der Waals surface area contributed by atoms with Gasteiger partial charge < -0.3 is 5.11 Å². The first kappa shape index (κ1) is 12.8. The molecule has 0 atom stereocenters. The summed E-state index contributed by atoms with van der Waals surface area (Å²) in [6.07, 6.45) is 2.02. The van der Waals surface area contributed by atoms with Gasteiger partial charge in [-0.05, 0) is 37.1 Å². The van der Waals surface area contributed by atoms with Crippen LogP contribution in [0.4, 0.5) is 0 Å². The number of carbonyl (C=O) groups is 1. The van der Waals surface area contributed by atoms with Gasteiger partial charge in [0.05, 0.1) is 17.6 Å². The van der Waals surface area contributed by atoms with Gasteiger partial charge in [-0.1, -0.05) is 22.9 Å². The molecule has 0 bridgehead atoms. The van der Waals surface area contributed by atoms with Crippen LogP contribution in [0.3, 0.4) is 0 Å². The van der Waals surface area contributed by atoms with Crippen molar-refractivity contribution in [3.63, 3.8) is 0 Å². The van der Waals surface area contributed by atoms with E-state index >= 15 is 0 Å². The SMILES string of the molecule is CCc1c(C(=O)O)cnn1-c1ccc(Br)c(C)c1. The van der Waals surface area contributed by atoms with Gasteiger partial charge in [-0.3, -0.25) is 0 Å². The molecule has 2 rings (SSSR count). The molecule has 1 aromatic heterocycles. The van der Waals surface area contributed by atoms with Crippen molar-refractivity contribution in [2.24, 2.45) is 0 Å². The largest absolute Gasteiger partial charge is 0.478 e. The highest BCUT2D eigenvalue weighted by Gasteiger charge is 2.16. The molecular weight excluding hydrogens is 296 g/mol. The van der Waals surface area contributed by atoms with Crippen LogP contribution in [0.5, 0.6) is 0 Å². The number of benzene rings is 1. The van der Waals surface area contributed by atoms with E-state index in [1.54, 1.807) is 4.68 Å². The second-order valence-corrected chi connectivity index (χ2v) is 4.86. The first-order valence-electron chi connectivity index (χ1n) is 5.61. The van der Waals surface area contributed by atoms with E-state index in [4.69, 9.17) is 5.11 Å². The van der Waals surface area contributed by atoms with Crippen LogP contribution in [0.1, 0.15) is 28.5 Å². The van der Waals surface area contributed by atoms with Crippen molar-refractivity contribution in [2.45, 2.75) is 20.3 Å². The Morgan fingerprint density at radius 1 is 1.50 bits per heavy atom. The second kappa shape index (κ2) is 4.94. The van der Waals surface area contributed by atoms with Gasteiger partial charge in [0.1, 0.15) is 5.56 Å². The van der Waals surface area contributed by atoms with E-state index in [1.165, 1.54) is 6.20 Å². The fourth-order valence-corrected chi connectivity index (χ4v) is 2.12. The Bertz CT molecular complexity index is 605. The number of nitrogens with zero attached hydrogens (tertiary/aromatic N) is 2. The lowest BCUT2D eigenvalue weighted by Gasteiger charge is -2.08. The molecule has 0 saturated carbocycles. The van der Waals surface area contributed by atoms with Gasteiger partial charge in [-0.15, -0.1) is 0 Å². The van der Waals surface area contributed by atoms with E-state index in [2.05, 4.69) is 21.0 Å². The maximum atomic E-state index is 11.1. The van der Waals surface area contributed by atoms with E-state index in [1.807, 2.05) is 32.0 Å². The van der Waals surface area contributed by atoms with Gasteiger partial charge in [0, 0.05) is 4.47 Å². The van der Waals surface area contributed by atoms with Crippen LogP contribution in [0.15, 0.2) is 28.9 Å². The van der Waals surface area contributed by atoms with Crippen LogP contribution in [0, 0.1) is 6.92 Å². The summed E-state index contributed by atoms with van der Waals surface area (Å²) >= 11 is 3.44. The van der Waals surface area contributed by atoms with Crippen LogP contribution in [0.2, 0.25) is 0 Å². The van der Waals surface area contributed by atoms with Crippen molar-refractivity contribution in [3.05, 3.63) is 45.7 Å². The van der Waals surface area contributed by atoms with Crippen LogP contribution in [-0.4, -0.2) is 20.9 Å². The zero-order valence-electron chi connectivity index (χ0n) is 10.1. The van der Waals surface area contributed by atoms with E-state index in [0.29, 0.717) is 12.1 Å². The molecule has 0 fully saturated rings. The summed E-state index contributed by atoms with van der Waals surface area (Å²) in [5.74, 6) is -0.938. The number of aromatic carboxylic acids is 1. The number of carboxylic acid groups (broad SMARTS) is 1. The summed E-state index contributed by atoms with van der Waals surface area (Å²) in [5, 5.41) is 13.3. The average molecular weight is 309 g/mol. The highest BCUT2D eigenvalue weighted by Crippen LogP contribution is 2.21. The normalized spacial score (nSPS) is 10.6. The summed E-state index contributed by atoms with van der Waals surface area (Å²) in [4.78, 5) is 11.1. The molecule has 0 aliphatic carbocycles. The Kier molecular flexibility index (Phi) is 3.52. The molecule has 0 unspecified atom stereocenters. The molecule has 0 radical (unpaired) electrons. The first-order valence-corrected chi connectivity index (χ1v) is 6.40. The third-order valence-electron chi connectivity index (χ3n) is 2.82.